The molecule has 5 nitrogen and oxygen atoms in total. The van der Waals surface area contributed by atoms with E-state index in [1.807, 2.05) is 0 Å². The molecule has 0 aliphatic heterocycles. The number of benzene rings is 1. The molecule has 16 heavy (non-hydrogen) atoms. The first-order valence-electron chi connectivity index (χ1n) is 4.58. The van der Waals surface area contributed by atoms with Gasteiger partial charge in [0.2, 0.25) is 0 Å². The summed E-state index contributed by atoms with van der Waals surface area (Å²) in [4.78, 5) is 6.62. The number of aromatic nitrogens is 2. The summed E-state index contributed by atoms with van der Waals surface area (Å²) in [5.74, 6) is 0. The Morgan fingerprint density at radius 3 is 2.88 bits per heavy atom. The van der Waals surface area contributed by atoms with Crippen molar-refractivity contribution in [3.8, 4) is 0 Å². The maximum Gasteiger partial charge on any atom is 0.331 e. The van der Waals surface area contributed by atoms with Gasteiger partial charge in [0, 0.05) is 0 Å². The molecule has 0 aliphatic rings. The molecule has 0 unspecified atom stereocenters. The van der Waals surface area contributed by atoms with Crippen LogP contribution in [0.15, 0.2) is 42.1 Å². The number of rotatable bonds is 4. The Balaban J connectivity index is 2.43. The summed E-state index contributed by atoms with van der Waals surface area (Å²) in [6, 6.07) is 7.04. The van der Waals surface area contributed by atoms with E-state index in [9.17, 15) is 8.42 Å². The fourth-order valence-corrected chi connectivity index (χ4v) is 2.07. The zero-order valence-corrected chi connectivity index (χ0v) is 9.20. The van der Waals surface area contributed by atoms with Crippen molar-refractivity contribution < 1.29 is 12.6 Å². The van der Waals surface area contributed by atoms with E-state index in [1.54, 1.807) is 24.3 Å². The van der Waals surface area contributed by atoms with Crippen LogP contribution in [0.5, 0.6) is 0 Å². The van der Waals surface area contributed by atoms with Crippen LogP contribution in [0.3, 0.4) is 0 Å². The Morgan fingerprint density at radius 1 is 1.44 bits per heavy atom. The van der Waals surface area contributed by atoms with E-state index in [2.05, 4.69) is 20.7 Å². The van der Waals surface area contributed by atoms with Crippen LogP contribution in [0.1, 0.15) is 0 Å². The van der Waals surface area contributed by atoms with E-state index in [1.165, 1.54) is 6.08 Å². The van der Waals surface area contributed by atoms with Gasteiger partial charge in [-0.3, -0.25) is 4.18 Å². The maximum atomic E-state index is 11.6. The summed E-state index contributed by atoms with van der Waals surface area (Å²) in [7, 11) is -3.82. The molecule has 84 valence electrons. The summed E-state index contributed by atoms with van der Waals surface area (Å²) in [5.41, 5.74) is 1.24. The lowest BCUT2D eigenvalue weighted by atomic mass is 10.3. The molecule has 0 bridgehead atoms. The molecule has 0 atom stereocenters. The van der Waals surface area contributed by atoms with Crippen molar-refractivity contribution in [1.82, 2.24) is 9.97 Å². The highest BCUT2D eigenvalue weighted by Crippen LogP contribution is 2.15. The van der Waals surface area contributed by atoms with Gasteiger partial charge in [0.05, 0.1) is 17.6 Å². The van der Waals surface area contributed by atoms with Gasteiger partial charge in [0.25, 0.3) is 5.16 Å². The second-order valence-corrected chi connectivity index (χ2v) is 4.62. The van der Waals surface area contributed by atoms with Gasteiger partial charge >= 0.3 is 10.1 Å². The molecule has 1 aromatic heterocycles. The zero-order valence-electron chi connectivity index (χ0n) is 8.38. The van der Waals surface area contributed by atoms with Gasteiger partial charge in [0.1, 0.15) is 0 Å². The van der Waals surface area contributed by atoms with Crippen molar-refractivity contribution in [2.75, 3.05) is 6.61 Å². The average Bonchev–Trinajstić information content (AvgIpc) is 2.71. The number of para-hydroxylation sites is 2. The molecule has 0 radical (unpaired) electrons. The predicted molar refractivity (Wildman–Crippen MR) is 59.4 cm³/mol. The summed E-state index contributed by atoms with van der Waals surface area (Å²) >= 11 is 0. The van der Waals surface area contributed by atoms with Gasteiger partial charge in [0.15, 0.2) is 0 Å². The number of nitrogens with zero attached hydrogens (tertiary/aromatic N) is 1. The van der Waals surface area contributed by atoms with Crippen LogP contribution < -0.4 is 0 Å². The molecule has 0 amide bonds. The van der Waals surface area contributed by atoms with E-state index in [-0.39, 0.29) is 11.8 Å². The van der Waals surface area contributed by atoms with Gasteiger partial charge in [-0.15, -0.1) is 6.58 Å². The minimum Gasteiger partial charge on any atom is -0.327 e. The van der Waals surface area contributed by atoms with Crippen LogP contribution >= 0.6 is 0 Å². The van der Waals surface area contributed by atoms with E-state index < -0.39 is 10.1 Å². The Labute approximate surface area is 92.9 Å². The average molecular weight is 238 g/mol. The lowest BCUT2D eigenvalue weighted by Gasteiger charge is -1.97. The second-order valence-electron chi connectivity index (χ2n) is 3.09. The fraction of sp³-hybridized carbons (Fsp3) is 0.100. The summed E-state index contributed by atoms with van der Waals surface area (Å²) in [6.45, 7) is 3.31. The fourth-order valence-electron chi connectivity index (χ4n) is 1.24. The third kappa shape index (κ3) is 1.98. The molecular weight excluding hydrogens is 228 g/mol. The number of nitrogens with one attached hydrogen (secondary N) is 1. The van der Waals surface area contributed by atoms with Crippen molar-refractivity contribution in [3.05, 3.63) is 36.9 Å². The number of H-pyrrole nitrogens is 1. The molecule has 1 N–H and O–H groups in total. The minimum absolute atomic E-state index is 0.0701. The molecule has 6 heteroatoms. The molecule has 1 aromatic carbocycles. The van der Waals surface area contributed by atoms with Crippen molar-refractivity contribution in [3.63, 3.8) is 0 Å². The molecular formula is C10H10N2O3S. The lowest BCUT2D eigenvalue weighted by molar-refractivity contribution is 0.353. The Morgan fingerprint density at radius 2 is 2.19 bits per heavy atom. The minimum atomic E-state index is -3.82. The highest BCUT2D eigenvalue weighted by Gasteiger charge is 2.19. The predicted octanol–water partition coefficient (Wildman–Crippen LogP) is 1.45. The SMILES string of the molecule is C=CCOS(=O)(=O)c1nc2ccccc2[nH]1. The summed E-state index contributed by atoms with van der Waals surface area (Å²) < 4.78 is 27.8. The van der Waals surface area contributed by atoms with E-state index in [0.29, 0.717) is 11.0 Å². The van der Waals surface area contributed by atoms with Crippen LogP contribution in [0.2, 0.25) is 0 Å². The van der Waals surface area contributed by atoms with Gasteiger partial charge in [-0.2, -0.15) is 8.42 Å². The van der Waals surface area contributed by atoms with Crippen LogP contribution in [0.25, 0.3) is 11.0 Å². The number of hydrogen-bond acceptors (Lipinski definition) is 4. The highest BCUT2D eigenvalue weighted by molar-refractivity contribution is 7.86. The molecule has 0 aliphatic carbocycles. The number of imidazole rings is 1. The first-order valence-corrected chi connectivity index (χ1v) is 5.99. The first-order chi connectivity index (χ1) is 7.63. The topological polar surface area (TPSA) is 72.1 Å². The van der Waals surface area contributed by atoms with Gasteiger partial charge in [-0.05, 0) is 12.1 Å². The molecule has 0 saturated carbocycles. The number of aromatic amines is 1. The third-order valence-corrected chi connectivity index (χ3v) is 3.06. The molecule has 1 heterocycles. The zero-order chi connectivity index (χ0) is 11.6. The molecule has 0 saturated heterocycles. The van der Waals surface area contributed by atoms with Crippen molar-refractivity contribution in [2.45, 2.75) is 5.16 Å². The van der Waals surface area contributed by atoms with Gasteiger partial charge < -0.3 is 4.98 Å². The van der Waals surface area contributed by atoms with E-state index in [4.69, 9.17) is 0 Å². The van der Waals surface area contributed by atoms with E-state index >= 15 is 0 Å². The Kier molecular flexibility index (Phi) is 2.76. The smallest absolute Gasteiger partial charge is 0.327 e. The largest absolute Gasteiger partial charge is 0.331 e. The number of hydrogen-bond donors (Lipinski definition) is 1. The van der Waals surface area contributed by atoms with Crippen LogP contribution in [-0.4, -0.2) is 25.0 Å². The maximum absolute atomic E-state index is 11.6. The Bertz CT molecular complexity index is 583. The third-order valence-electron chi connectivity index (χ3n) is 1.95. The van der Waals surface area contributed by atoms with Crippen LogP contribution in [-0.2, 0) is 14.3 Å². The normalized spacial score (nSPS) is 11.8. The molecule has 2 rings (SSSR count). The summed E-state index contributed by atoms with van der Waals surface area (Å²) in [5, 5.41) is -0.185. The van der Waals surface area contributed by atoms with Crippen LogP contribution in [0.4, 0.5) is 0 Å². The van der Waals surface area contributed by atoms with Crippen LogP contribution in [0, 0.1) is 0 Å². The quantitative estimate of drug-likeness (QED) is 0.646. The molecule has 0 fully saturated rings. The van der Waals surface area contributed by atoms with E-state index in [0.717, 1.165) is 0 Å². The lowest BCUT2D eigenvalue weighted by Crippen LogP contribution is -2.08. The summed E-state index contributed by atoms with van der Waals surface area (Å²) in [6.07, 6.45) is 1.36. The standard InChI is InChI=1S/C10H10N2O3S/c1-2-7-15-16(13,14)10-11-8-5-3-4-6-9(8)12-10/h2-6H,1,7H2,(H,11,12). The molecule has 2 aromatic rings. The van der Waals surface area contributed by atoms with Crippen molar-refractivity contribution in [2.24, 2.45) is 0 Å². The molecule has 0 spiro atoms. The Hall–Kier alpha value is -1.66. The second kappa shape index (κ2) is 4.07. The van der Waals surface area contributed by atoms with Gasteiger partial charge in [-0.25, -0.2) is 4.98 Å². The first kappa shape index (κ1) is 10.8. The van der Waals surface area contributed by atoms with Crippen molar-refractivity contribution in [1.29, 1.82) is 0 Å². The highest BCUT2D eigenvalue weighted by atomic mass is 32.2. The van der Waals surface area contributed by atoms with Gasteiger partial charge in [-0.1, -0.05) is 18.2 Å². The monoisotopic (exact) mass is 238 g/mol. The van der Waals surface area contributed by atoms with Crippen molar-refractivity contribution >= 4 is 21.2 Å². The number of fused-ring (bicyclic) bond motifs is 1.